The number of methoxy groups -OCH3 is 1. The zero-order valence-electron chi connectivity index (χ0n) is 13.6. The van der Waals surface area contributed by atoms with E-state index in [0.29, 0.717) is 28.3 Å². The van der Waals surface area contributed by atoms with E-state index in [1.165, 1.54) is 0 Å². The summed E-state index contributed by atoms with van der Waals surface area (Å²) in [4.78, 5) is 29.2. The predicted octanol–water partition coefficient (Wildman–Crippen LogP) is 3.57. The van der Waals surface area contributed by atoms with E-state index in [1.807, 2.05) is 0 Å². The second-order valence-electron chi connectivity index (χ2n) is 5.27. The smallest absolute Gasteiger partial charge is 0.255 e. The Balaban J connectivity index is 1.85. The van der Waals surface area contributed by atoms with Crippen LogP contribution in [0.2, 0.25) is 0 Å². The Morgan fingerprint density at radius 2 is 1.64 bits per heavy atom. The van der Waals surface area contributed by atoms with Gasteiger partial charge < -0.3 is 10.1 Å². The van der Waals surface area contributed by atoms with Crippen molar-refractivity contribution < 1.29 is 14.3 Å². The number of nitrogens with one attached hydrogen (secondary N) is 1. The third-order valence-corrected chi connectivity index (χ3v) is 3.67. The van der Waals surface area contributed by atoms with E-state index in [1.54, 1.807) is 80.0 Å². The lowest BCUT2D eigenvalue weighted by Gasteiger charge is -2.10. The van der Waals surface area contributed by atoms with E-state index in [-0.39, 0.29) is 11.7 Å². The van der Waals surface area contributed by atoms with Gasteiger partial charge in [0, 0.05) is 17.3 Å². The van der Waals surface area contributed by atoms with Crippen LogP contribution in [-0.2, 0) is 0 Å². The third-order valence-electron chi connectivity index (χ3n) is 3.67. The Morgan fingerprint density at radius 1 is 0.920 bits per heavy atom. The first-order valence-corrected chi connectivity index (χ1v) is 7.69. The van der Waals surface area contributed by atoms with Crippen LogP contribution in [-0.4, -0.2) is 23.8 Å². The number of aromatic nitrogens is 1. The molecular weight excluding hydrogens is 316 g/mol. The lowest BCUT2D eigenvalue weighted by Crippen LogP contribution is -2.15. The molecular formula is C20H16N2O3. The molecule has 0 atom stereocenters. The van der Waals surface area contributed by atoms with E-state index in [9.17, 15) is 9.59 Å². The van der Waals surface area contributed by atoms with Crippen LogP contribution in [0.5, 0.6) is 5.75 Å². The monoisotopic (exact) mass is 332 g/mol. The first-order chi connectivity index (χ1) is 12.2. The number of ether oxygens (including phenoxy) is 1. The van der Waals surface area contributed by atoms with Crippen molar-refractivity contribution in [3.63, 3.8) is 0 Å². The number of ketones is 1. The Kier molecular flexibility index (Phi) is 4.85. The molecule has 3 aromatic rings. The van der Waals surface area contributed by atoms with Crippen LogP contribution in [0.15, 0.2) is 72.9 Å². The fourth-order valence-corrected chi connectivity index (χ4v) is 2.36. The fraction of sp³-hybridized carbons (Fsp3) is 0.0500. The Labute approximate surface area is 145 Å². The van der Waals surface area contributed by atoms with Crippen molar-refractivity contribution in [2.24, 2.45) is 0 Å². The predicted molar refractivity (Wildman–Crippen MR) is 95.1 cm³/mol. The molecule has 0 saturated heterocycles. The summed E-state index contributed by atoms with van der Waals surface area (Å²) in [5.41, 5.74) is 1.64. The van der Waals surface area contributed by atoms with Crippen LogP contribution in [0.4, 0.5) is 5.69 Å². The summed E-state index contributed by atoms with van der Waals surface area (Å²) in [6.07, 6.45) is 1.56. The van der Waals surface area contributed by atoms with Crippen molar-refractivity contribution >= 4 is 17.4 Å². The molecule has 5 nitrogen and oxygen atoms in total. The summed E-state index contributed by atoms with van der Waals surface area (Å²) in [5, 5.41) is 2.79. The molecule has 0 fully saturated rings. The van der Waals surface area contributed by atoms with Gasteiger partial charge in [-0.25, -0.2) is 0 Å². The molecule has 0 unspecified atom stereocenters. The van der Waals surface area contributed by atoms with Crippen LogP contribution in [0, 0.1) is 0 Å². The van der Waals surface area contributed by atoms with Crippen molar-refractivity contribution in [1.29, 1.82) is 0 Å². The summed E-state index contributed by atoms with van der Waals surface area (Å²) in [5.74, 6) is 0.123. The summed E-state index contributed by atoms with van der Waals surface area (Å²) in [7, 11) is 1.56. The van der Waals surface area contributed by atoms with Gasteiger partial charge in [-0.05, 0) is 48.5 Å². The summed E-state index contributed by atoms with van der Waals surface area (Å²) in [6, 6.07) is 18.8. The Bertz CT molecular complexity index is 890. The number of amides is 1. The van der Waals surface area contributed by atoms with E-state index in [0.717, 1.165) is 0 Å². The zero-order valence-corrected chi connectivity index (χ0v) is 13.6. The molecule has 0 aliphatic rings. The van der Waals surface area contributed by atoms with E-state index in [4.69, 9.17) is 4.74 Å². The number of hydrogen-bond donors (Lipinski definition) is 1. The van der Waals surface area contributed by atoms with Crippen LogP contribution in [0.1, 0.15) is 26.4 Å². The standard InChI is InChI=1S/C20H16N2O3/c1-25-15-11-9-14(10-12-15)20(24)22-17-7-3-2-6-16(17)19(23)18-8-4-5-13-21-18/h2-13H,1H3,(H,22,24). The first-order valence-electron chi connectivity index (χ1n) is 7.69. The molecule has 2 aromatic carbocycles. The molecule has 124 valence electrons. The molecule has 0 spiro atoms. The van der Waals surface area contributed by atoms with Crippen LogP contribution < -0.4 is 10.1 Å². The molecule has 1 N–H and O–H groups in total. The van der Waals surface area contributed by atoms with Crippen molar-refractivity contribution in [2.75, 3.05) is 12.4 Å². The molecule has 0 aliphatic heterocycles. The number of carbonyl (C=O) groups is 2. The van der Waals surface area contributed by atoms with Gasteiger partial charge in [-0.1, -0.05) is 18.2 Å². The maximum absolute atomic E-state index is 12.6. The van der Waals surface area contributed by atoms with Gasteiger partial charge in [-0.2, -0.15) is 0 Å². The third kappa shape index (κ3) is 3.72. The average Bonchev–Trinajstić information content (AvgIpc) is 2.68. The molecule has 5 heteroatoms. The van der Waals surface area contributed by atoms with Gasteiger partial charge in [0.1, 0.15) is 11.4 Å². The van der Waals surface area contributed by atoms with Gasteiger partial charge >= 0.3 is 0 Å². The topological polar surface area (TPSA) is 68.3 Å². The second kappa shape index (κ2) is 7.40. The maximum Gasteiger partial charge on any atom is 0.255 e. The highest BCUT2D eigenvalue weighted by atomic mass is 16.5. The number of rotatable bonds is 5. The fourth-order valence-electron chi connectivity index (χ4n) is 2.36. The van der Waals surface area contributed by atoms with E-state index >= 15 is 0 Å². The molecule has 0 bridgehead atoms. The Morgan fingerprint density at radius 3 is 2.32 bits per heavy atom. The SMILES string of the molecule is COc1ccc(C(=O)Nc2ccccc2C(=O)c2ccccn2)cc1. The highest BCUT2D eigenvalue weighted by molar-refractivity contribution is 6.14. The summed E-state index contributed by atoms with van der Waals surface area (Å²) >= 11 is 0. The highest BCUT2D eigenvalue weighted by Crippen LogP contribution is 2.20. The van der Waals surface area contributed by atoms with Gasteiger partial charge in [0.2, 0.25) is 5.78 Å². The van der Waals surface area contributed by atoms with Gasteiger partial charge in [0.05, 0.1) is 12.8 Å². The largest absolute Gasteiger partial charge is 0.497 e. The van der Waals surface area contributed by atoms with Crippen molar-refractivity contribution in [3.8, 4) is 5.75 Å². The van der Waals surface area contributed by atoms with E-state index < -0.39 is 0 Å². The number of carbonyl (C=O) groups excluding carboxylic acids is 2. The van der Waals surface area contributed by atoms with Crippen LogP contribution >= 0.6 is 0 Å². The molecule has 1 heterocycles. The number of nitrogens with zero attached hydrogens (tertiary/aromatic N) is 1. The number of benzene rings is 2. The molecule has 0 radical (unpaired) electrons. The number of anilines is 1. The van der Waals surface area contributed by atoms with Crippen molar-refractivity contribution in [2.45, 2.75) is 0 Å². The number of para-hydroxylation sites is 1. The lowest BCUT2D eigenvalue weighted by atomic mass is 10.0. The highest BCUT2D eigenvalue weighted by Gasteiger charge is 2.16. The molecule has 25 heavy (non-hydrogen) atoms. The van der Waals surface area contributed by atoms with E-state index in [2.05, 4.69) is 10.3 Å². The minimum Gasteiger partial charge on any atom is -0.497 e. The second-order valence-corrected chi connectivity index (χ2v) is 5.27. The van der Waals surface area contributed by atoms with Crippen LogP contribution in [0.25, 0.3) is 0 Å². The average molecular weight is 332 g/mol. The van der Waals surface area contributed by atoms with Crippen LogP contribution in [0.3, 0.4) is 0 Å². The van der Waals surface area contributed by atoms with Gasteiger partial charge in [-0.3, -0.25) is 14.6 Å². The molecule has 3 rings (SSSR count). The number of pyridine rings is 1. The zero-order chi connectivity index (χ0) is 17.6. The molecule has 1 aromatic heterocycles. The molecule has 1 amide bonds. The maximum atomic E-state index is 12.6. The molecule has 0 saturated carbocycles. The summed E-state index contributed by atoms with van der Waals surface area (Å²) in [6.45, 7) is 0. The quantitative estimate of drug-likeness (QED) is 0.725. The molecule has 0 aliphatic carbocycles. The van der Waals surface area contributed by atoms with Crippen molar-refractivity contribution in [3.05, 3.63) is 89.7 Å². The lowest BCUT2D eigenvalue weighted by molar-refractivity contribution is 0.102. The van der Waals surface area contributed by atoms with Gasteiger partial charge in [0.15, 0.2) is 0 Å². The van der Waals surface area contributed by atoms with Crippen molar-refractivity contribution in [1.82, 2.24) is 4.98 Å². The van der Waals surface area contributed by atoms with Gasteiger partial charge in [0.25, 0.3) is 5.91 Å². The minimum atomic E-state index is -0.302. The Hall–Kier alpha value is -3.47. The minimum absolute atomic E-state index is 0.244. The number of hydrogen-bond acceptors (Lipinski definition) is 4. The normalized spacial score (nSPS) is 10.1. The first kappa shape index (κ1) is 16.4. The van der Waals surface area contributed by atoms with Gasteiger partial charge in [-0.15, -0.1) is 0 Å². The summed E-state index contributed by atoms with van der Waals surface area (Å²) < 4.78 is 5.08.